The van der Waals surface area contributed by atoms with Crippen LogP contribution >= 0.6 is 0 Å². The largest absolute Gasteiger partial charge is 0.382 e. The third-order valence-corrected chi connectivity index (χ3v) is 5.07. The first-order valence-electron chi connectivity index (χ1n) is 10.8. The Morgan fingerprint density at radius 3 is 2.54 bits per heavy atom. The van der Waals surface area contributed by atoms with Crippen molar-refractivity contribution in [2.45, 2.75) is 71.4 Å². The van der Waals surface area contributed by atoms with Crippen molar-refractivity contribution in [1.29, 1.82) is 0 Å². The second-order valence-corrected chi connectivity index (χ2v) is 7.28. The molecule has 0 unspecified atom stereocenters. The van der Waals surface area contributed by atoms with Crippen molar-refractivity contribution in [3.05, 3.63) is 11.6 Å². The fourth-order valence-electron chi connectivity index (χ4n) is 3.24. The average molecular weight is 395 g/mol. The topological polar surface area (TPSA) is 85.6 Å². The van der Waals surface area contributed by atoms with Crippen LogP contribution in [0.4, 0.5) is 0 Å². The zero-order valence-corrected chi connectivity index (χ0v) is 17.9. The molecule has 0 aromatic carbocycles. The lowest BCUT2D eigenvalue weighted by Crippen LogP contribution is -2.40. The van der Waals surface area contributed by atoms with Crippen LogP contribution in [0.25, 0.3) is 0 Å². The fourth-order valence-corrected chi connectivity index (χ4v) is 3.24. The Hall–Kier alpha value is -1.67. The van der Waals surface area contributed by atoms with E-state index < -0.39 is 0 Å². The fraction of sp³-hybridized carbons (Fsp3) is 0.850. The number of guanidine groups is 1. The Bertz CT molecular complexity index is 567. The first-order valence-corrected chi connectivity index (χ1v) is 10.8. The normalized spacial score (nSPS) is 16.2. The molecule has 0 atom stereocenters. The second-order valence-electron chi connectivity index (χ2n) is 7.28. The van der Waals surface area contributed by atoms with Gasteiger partial charge < -0.3 is 24.7 Å². The van der Waals surface area contributed by atoms with E-state index >= 15 is 0 Å². The smallest absolute Gasteiger partial charge is 0.191 e. The van der Waals surface area contributed by atoms with Crippen molar-refractivity contribution in [2.24, 2.45) is 12.0 Å². The van der Waals surface area contributed by atoms with Gasteiger partial charge in [0.15, 0.2) is 11.8 Å². The van der Waals surface area contributed by atoms with Crippen LogP contribution in [-0.2, 0) is 23.1 Å². The van der Waals surface area contributed by atoms with Crippen LogP contribution in [-0.4, -0.2) is 59.7 Å². The molecule has 0 amide bonds. The zero-order valence-electron chi connectivity index (χ0n) is 17.9. The van der Waals surface area contributed by atoms with Gasteiger partial charge in [-0.25, -0.2) is 4.99 Å². The minimum Gasteiger partial charge on any atom is -0.382 e. The maximum Gasteiger partial charge on any atom is 0.191 e. The summed E-state index contributed by atoms with van der Waals surface area (Å²) < 4.78 is 13.4. The number of hydrogen-bond donors (Lipinski definition) is 2. The van der Waals surface area contributed by atoms with E-state index in [1.165, 1.54) is 38.5 Å². The SMILES string of the molecule is CCOCCCNC(=NCc1nnc(C)n1C)NCCOC1CCCCCC1. The molecule has 1 fully saturated rings. The number of hydrogen-bond acceptors (Lipinski definition) is 5. The van der Waals surface area contributed by atoms with E-state index in [0.717, 1.165) is 50.3 Å². The standard InChI is InChI=1S/C20H38N6O2/c1-4-27-14-9-12-21-20(23-16-19-25-24-17(2)26(19)3)22-13-15-28-18-10-7-5-6-8-11-18/h18H,4-16H2,1-3H3,(H2,21,22,23). The Kier molecular flexibility index (Phi) is 10.9. The predicted octanol–water partition coefficient (Wildman–Crippen LogP) is 2.32. The number of nitrogens with one attached hydrogen (secondary N) is 2. The lowest BCUT2D eigenvalue weighted by atomic mass is 10.1. The number of aliphatic imine (C=N–C) groups is 1. The Labute approximate surface area is 169 Å². The van der Waals surface area contributed by atoms with E-state index in [2.05, 4.69) is 25.8 Å². The molecule has 0 saturated heterocycles. The summed E-state index contributed by atoms with van der Waals surface area (Å²) in [6.07, 6.45) is 9.04. The Morgan fingerprint density at radius 1 is 1.11 bits per heavy atom. The molecule has 8 heteroatoms. The molecule has 1 saturated carbocycles. The van der Waals surface area contributed by atoms with E-state index in [0.29, 0.717) is 19.3 Å². The molecule has 2 rings (SSSR count). The van der Waals surface area contributed by atoms with Crippen LogP contribution in [0.15, 0.2) is 4.99 Å². The minimum absolute atomic E-state index is 0.422. The molecule has 1 aliphatic rings. The monoisotopic (exact) mass is 394 g/mol. The average Bonchev–Trinajstić information content (AvgIpc) is 2.89. The molecule has 0 aliphatic heterocycles. The molecule has 1 heterocycles. The first kappa shape index (κ1) is 22.6. The number of ether oxygens (including phenoxy) is 2. The summed E-state index contributed by atoms with van der Waals surface area (Å²) in [5.41, 5.74) is 0. The van der Waals surface area contributed by atoms with Gasteiger partial charge in [0.05, 0.1) is 12.7 Å². The molecule has 28 heavy (non-hydrogen) atoms. The molecular formula is C20H38N6O2. The van der Waals surface area contributed by atoms with Gasteiger partial charge in [0.25, 0.3) is 0 Å². The van der Waals surface area contributed by atoms with Gasteiger partial charge in [-0.15, -0.1) is 10.2 Å². The summed E-state index contributed by atoms with van der Waals surface area (Å²) in [6.45, 7) is 8.20. The number of nitrogens with zero attached hydrogens (tertiary/aromatic N) is 4. The lowest BCUT2D eigenvalue weighted by molar-refractivity contribution is 0.0468. The molecule has 1 aromatic heterocycles. The van der Waals surface area contributed by atoms with Gasteiger partial charge in [-0.3, -0.25) is 0 Å². The quantitative estimate of drug-likeness (QED) is 0.259. The summed E-state index contributed by atoms with van der Waals surface area (Å²) in [7, 11) is 1.96. The van der Waals surface area contributed by atoms with Crippen molar-refractivity contribution in [2.75, 3.05) is 32.9 Å². The summed E-state index contributed by atoms with van der Waals surface area (Å²) >= 11 is 0. The highest BCUT2D eigenvalue weighted by molar-refractivity contribution is 5.79. The predicted molar refractivity (Wildman–Crippen MR) is 111 cm³/mol. The van der Waals surface area contributed by atoms with Crippen molar-refractivity contribution in [3.8, 4) is 0 Å². The van der Waals surface area contributed by atoms with Gasteiger partial charge in [-0.05, 0) is 33.1 Å². The summed E-state index contributed by atoms with van der Waals surface area (Å²) in [5, 5.41) is 15.0. The van der Waals surface area contributed by atoms with Gasteiger partial charge in [-0.1, -0.05) is 25.7 Å². The van der Waals surface area contributed by atoms with Gasteiger partial charge in [0.1, 0.15) is 12.4 Å². The van der Waals surface area contributed by atoms with Gasteiger partial charge in [-0.2, -0.15) is 0 Å². The maximum absolute atomic E-state index is 6.06. The third kappa shape index (κ3) is 8.56. The Balaban J connectivity index is 1.77. The van der Waals surface area contributed by atoms with Crippen molar-refractivity contribution in [1.82, 2.24) is 25.4 Å². The highest BCUT2D eigenvalue weighted by atomic mass is 16.5. The third-order valence-electron chi connectivity index (χ3n) is 5.07. The molecule has 1 aliphatic carbocycles. The summed E-state index contributed by atoms with van der Waals surface area (Å²) in [4.78, 5) is 4.66. The Morgan fingerprint density at radius 2 is 1.86 bits per heavy atom. The van der Waals surface area contributed by atoms with E-state index in [1.54, 1.807) is 0 Å². The minimum atomic E-state index is 0.422. The van der Waals surface area contributed by atoms with E-state index in [9.17, 15) is 0 Å². The lowest BCUT2D eigenvalue weighted by Gasteiger charge is -2.17. The zero-order chi connectivity index (χ0) is 20.0. The summed E-state index contributed by atoms with van der Waals surface area (Å²) in [6, 6.07) is 0. The van der Waals surface area contributed by atoms with Crippen LogP contribution < -0.4 is 10.6 Å². The van der Waals surface area contributed by atoms with E-state index in [1.807, 2.05) is 25.5 Å². The molecule has 160 valence electrons. The molecule has 1 aromatic rings. The number of aryl methyl sites for hydroxylation is 1. The second kappa shape index (κ2) is 13.5. The molecule has 0 bridgehead atoms. The molecule has 0 spiro atoms. The highest BCUT2D eigenvalue weighted by Gasteiger charge is 2.12. The van der Waals surface area contributed by atoms with E-state index in [4.69, 9.17) is 9.47 Å². The maximum atomic E-state index is 6.06. The van der Waals surface area contributed by atoms with Gasteiger partial charge >= 0.3 is 0 Å². The van der Waals surface area contributed by atoms with Crippen molar-refractivity contribution < 1.29 is 9.47 Å². The molecule has 0 radical (unpaired) electrons. The number of aromatic nitrogens is 3. The van der Waals surface area contributed by atoms with Crippen LogP contribution in [0.5, 0.6) is 0 Å². The number of rotatable bonds is 11. The van der Waals surface area contributed by atoms with Crippen molar-refractivity contribution in [3.63, 3.8) is 0 Å². The highest BCUT2D eigenvalue weighted by Crippen LogP contribution is 2.19. The molecule has 2 N–H and O–H groups in total. The van der Waals surface area contributed by atoms with Crippen LogP contribution in [0.3, 0.4) is 0 Å². The van der Waals surface area contributed by atoms with Crippen LogP contribution in [0.1, 0.15) is 63.5 Å². The van der Waals surface area contributed by atoms with Crippen molar-refractivity contribution >= 4 is 5.96 Å². The first-order chi connectivity index (χ1) is 13.7. The van der Waals surface area contributed by atoms with Crippen LogP contribution in [0.2, 0.25) is 0 Å². The van der Waals surface area contributed by atoms with E-state index in [-0.39, 0.29) is 0 Å². The molecule has 8 nitrogen and oxygen atoms in total. The van der Waals surface area contributed by atoms with Gasteiger partial charge in [0, 0.05) is 33.4 Å². The van der Waals surface area contributed by atoms with Crippen LogP contribution in [0, 0.1) is 6.92 Å². The van der Waals surface area contributed by atoms with Gasteiger partial charge in [0.2, 0.25) is 0 Å². The molecular weight excluding hydrogens is 356 g/mol. The summed E-state index contributed by atoms with van der Waals surface area (Å²) in [5.74, 6) is 2.52.